The van der Waals surface area contributed by atoms with Crippen LogP contribution < -0.4 is 5.32 Å². The van der Waals surface area contributed by atoms with Crippen molar-refractivity contribution in [3.63, 3.8) is 0 Å². The molecular formula is C12H16ClNO2S. The highest BCUT2D eigenvalue weighted by Crippen LogP contribution is 2.32. The van der Waals surface area contributed by atoms with Gasteiger partial charge in [0.05, 0.1) is 17.2 Å². The largest absolute Gasteiger partial charge is 0.394 e. The molecule has 0 unspecified atom stereocenters. The molecular weight excluding hydrogens is 258 g/mol. The Morgan fingerprint density at radius 2 is 2.24 bits per heavy atom. The zero-order chi connectivity index (χ0) is 12.5. The van der Waals surface area contributed by atoms with Gasteiger partial charge in [-0.25, -0.2) is 0 Å². The Morgan fingerprint density at radius 1 is 1.59 bits per heavy atom. The molecule has 2 N–H and O–H groups in total. The summed E-state index contributed by atoms with van der Waals surface area (Å²) in [6.45, 7) is 1.88. The van der Waals surface area contributed by atoms with Crippen LogP contribution in [0.25, 0.3) is 0 Å². The predicted molar refractivity (Wildman–Crippen MR) is 69.8 cm³/mol. The lowest BCUT2D eigenvalue weighted by Crippen LogP contribution is -2.49. The molecule has 1 aromatic rings. The molecule has 1 saturated carbocycles. The molecule has 0 saturated heterocycles. The minimum Gasteiger partial charge on any atom is -0.394 e. The Bertz CT molecular complexity index is 424. The number of amides is 1. The summed E-state index contributed by atoms with van der Waals surface area (Å²) in [7, 11) is 0. The van der Waals surface area contributed by atoms with E-state index in [-0.39, 0.29) is 12.5 Å². The van der Waals surface area contributed by atoms with Crippen molar-refractivity contribution in [2.75, 3.05) is 6.61 Å². The molecule has 0 atom stereocenters. The van der Waals surface area contributed by atoms with Crippen molar-refractivity contribution in [3.8, 4) is 0 Å². The van der Waals surface area contributed by atoms with Crippen LogP contribution in [0.1, 0.15) is 40.9 Å². The lowest BCUT2D eigenvalue weighted by Gasteiger charge is -2.27. The van der Waals surface area contributed by atoms with Gasteiger partial charge in [-0.3, -0.25) is 4.79 Å². The third kappa shape index (κ3) is 2.49. The van der Waals surface area contributed by atoms with Gasteiger partial charge >= 0.3 is 0 Å². The van der Waals surface area contributed by atoms with Crippen molar-refractivity contribution >= 4 is 28.8 Å². The third-order valence-electron chi connectivity index (χ3n) is 3.35. The summed E-state index contributed by atoms with van der Waals surface area (Å²) in [5.74, 6) is -0.163. The Hall–Kier alpha value is -0.580. The fourth-order valence-electron chi connectivity index (χ4n) is 2.26. The maximum atomic E-state index is 12.1. The molecule has 0 bridgehead atoms. The van der Waals surface area contributed by atoms with Crippen molar-refractivity contribution in [2.45, 2.75) is 38.1 Å². The summed E-state index contributed by atoms with van der Waals surface area (Å²) in [5, 5.41) is 14.8. The number of halogens is 1. The minimum atomic E-state index is -0.432. The average molecular weight is 274 g/mol. The van der Waals surface area contributed by atoms with Gasteiger partial charge in [0, 0.05) is 0 Å². The number of aliphatic hydroxyl groups is 1. The van der Waals surface area contributed by atoms with Gasteiger partial charge in [0.15, 0.2) is 0 Å². The number of thiophene rings is 1. The maximum Gasteiger partial charge on any atom is 0.263 e. The van der Waals surface area contributed by atoms with Crippen LogP contribution in [-0.4, -0.2) is 23.2 Å². The molecule has 1 aromatic heterocycles. The highest BCUT2D eigenvalue weighted by Gasteiger charge is 2.35. The van der Waals surface area contributed by atoms with Gasteiger partial charge in [0.1, 0.15) is 4.88 Å². The quantitative estimate of drug-likeness (QED) is 0.890. The second-order valence-electron chi connectivity index (χ2n) is 4.66. The van der Waals surface area contributed by atoms with Gasteiger partial charge in [-0.1, -0.05) is 24.4 Å². The number of hydrogen-bond acceptors (Lipinski definition) is 3. The fraction of sp³-hybridized carbons (Fsp3) is 0.583. The summed E-state index contributed by atoms with van der Waals surface area (Å²) in [6.07, 6.45) is 3.80. The monoisotopic (exact) mass is 273 g/mol. The Balaban J connectivity index is 2.13. The first-order chi connectivity index (χ1) is 8.08. The number of aliphatic hydroxyl groups excluding tert-OH is 1. The molecule has 1 heterocycles. The normalized spacial score (nSPS) is 18.3. The molecule has 2 rings (SSSR count). The molecule has 0 aromatic carbocycles. The summed E-state index contributed by atoms with van der Waals surface area (Å²) in [6, 6.07) is 0. The van der Waals surface area contributed by atoms with Crippen LogP contribution in [0.2, 0.25) is 5.02 Å². The Kier molecular flexibility index (Phi) is 3.76. The number of rotatable bonds is 3. The van der Waals surface area contributed by atoms with Crippen LogP contribution in [0.5, 0.6) is 0 Å². The molecule has 1 aliphatic rings. The van der Waals surface area contributed by atoms with Gasteiger partial charge in [-0.2, -0.15) is 0 Å². The van der Waals surface area contributed by atoms with E-state index < -0.39 is 5.54 Å². The van der Waals surface area contributed by atoms with E-state index in [2.05, 4.69) is 5.32 Å². The lowest BCUT2D eigenvalue weighted by molar-refractivity contribution is 0.0843. The number of carbonyl (C=O) groups is 1. The third-order valence-corrected chi connectivity index (χ3v) is 5.04. The smallest absolute Gasteiger partial charge is 0.263 e. The second kappa shape index (κ2) is 4.96. The van der Waals surface area contributed by atoms with Crippen molar-refractivity contribution in [1.82, 2.24) is 5.32 Å². The number of hydrogen-bond donors (Lipinski definition) is 2. The zero-order valence-electron chi connectivity index (χ0n) is 9.75. The summed E-state index contributed by atoms with van der Waals surface area (Å²) < 4.78 is 0. The SMILES string of the molecule is Cc1csc(C(=O)NC2(CO)CCCC2)c1Cl. The number of nitrogens with one attached hydrogen (secondary N) is 1. The fourth-order valence-corrected chi connectivity index (χ4v) is 3.43. The summed E-state index contributed by atoms with van der Waals surface area (Å²) in [5.41, 5.74) is 0.490. The highest BCUT2D eigenvalue weighted by atomic mass is 35.5. The zero-order valence-corrected chi connectivity index (χ0v) is 11.3. The average Bonchev–Trinajstić information content (AvgIpc) is 2.89. The van der Waals surface area contributed by atoms with Crippen LogP contribution in [0.3, 0.4) is 0 Å². The first kappa shape index (κ1) is 12.9. The van der Waals surface area contributed by atoms with E-state index in [1.807, 2.05) is 12.3 Å². The molecule has 17 heavy (non-hydrogen) atoms. The lowest BCUT2D eigenvalue weighted by atomic mass is 9.99. The van der Waals surface area contributed by atoms with Crippen molar-refractivity contribution in [1.29, 1.82) is 0 Å². The van der Waals surface area contributed by atoms with Gasteiger partial charge in [-0.15, -0.1) is 11.3 Å². The number of carbonyl (C=O) groups excluding carboxylic acids is 1. The van der Waals surface area contributed by atoms with Crippen LogP contribution in [-0.2, 0) is 0 Å². The molecule has 0 aliphatic heterocycles. The molecule has 1 fully saturated rings. The minimum absolute atomic E-state index is 0.000711. The van der Waals surface area contributed by atoms with Gasteiger partial charge in [0.2, 0.25) is 0 Å². The highest BCUT2D eigenvalue weighted by molar-refractivity contribution is 7.13. The first-order valence-corrected chi connectivity index (χ1v) is 7.01. The maximum absolute atomic E-state index is 12.1. The second-order valence-corrected chi connectivity index (χ2v) is 5.92. The molecule has 1 aliphatic carbocycles. The number of aryl methyl sites for hydroxylation is 1. The van der Waals surface area contributed by atoms with Crippen molar-refractivity contribution in [3.05, 3.63) is 20.8 Å². The molecule has 1 amide bonds. The summed E-state index contributed by atoms with van der Waals surface area (Å²) in [4.78, 5) is 12.6. The van der Waals surface area contributed by atoms with Gasteiger partial charge < -0.3 is 10.4 Å². The van der Waals surface area contributed by atoms with Crippen LogP contribution >= 0.6 is 22.9 Å². The van der Waals surface area contributed by atoms with Crippen LogP contribution in [0, 0.1) is 6.92 Å². The predicted octanol–water partition coefficient (Wildman–Crippen LogP) is 2.74. The van der Waals surface area contributed by atoms with E-state index in [9.17, 15) is 9.90 Å². The van der Waals surface area contributed by atoms with Crippen molar-refractivity contribution in [2.24, 2.45) is 0 Å². The van der Waals surface area contributed by atoms with Gasteiger partial charge in [0.25, 0.3) is 5.91 Å². The molecule has 5 heteroatoms. The van der Waals surface area contributed by atoms with E-state index >= 15 is 0 Å². The standard InChI is InChI=1S/C12H16ClNO2S/c1-8-6-17-10(9(8)13)11(16)14-12(7-15)4-2-3-5-12/h6,15H,2-5,7H2,1H3,(H,14,16). The first-order valence-electron chi connectivity index (χ1n) is 5.75. The van der Waals surface area contributed by atoms with Gasteiger partial charge in [-0.05, 0) is 30.7 Å². The summed E-state index contributed by atoms with van der Waals surface area (Å²) >= 11 is 7.42. The van der Waals surface area contributed by atoms with E-state index in [0.29, 0.717) is 9.90 Å². The molecule has 3 nitrogen and oxygen atoms in total. The van der Waals surface area contributed by atoms with E-state index in [4.69, 9.17) is 11.6 Å². The van der Waals surface area contributed by atoms with E-state index in [1.165, 1.54) is 11.3 Å². The van der Waals surface area contributed by atoms with Crippen LogP contribution in [0.15, 0.2) is 5.38 Å². The molecule has 0 spiro atoms. The van der Waals surface area contributed by atoms with Crippen molar-refractivity contribution < 1.29 is 9.90 Å². The Morgan fingerprint density at radius 3 is 2.71 bits per heavy atom. The molecule has 0 radical (unpaired) electrons. The topological polar surface area (TPSA) is 49.3 Å². The van der Waals surface area contributed by atoms with E-state index in [1.54, 1.807) is 0 Å². The van der Waals surface area contributed by atoms with E-state index in [0.717, 1.165) is 31.2 Å². The Labute approximate surface area is 110 Å². The van der Waals surface area contributed by atoms with Crippen LogP contribution in [0.4, 0.5) is 0 Å². The molecule has 94 valence electrons.